The third-order valence-corrected chi connectivity index (χ3v) is 6.24. The molecule has 2 unspecified atom stereocenters. The minimum atomic E-state index is -3.65. The molecule has 2 aromatic carbocycles. The largest absolute Gasteiger partial charge is 0.449 e. The van der Waals surface area contributed by atoms with Gasteiger partial charge in [-0.3, -0.25) is 4.79 Å². The molecule has 1 amide bonds. The van der Waals surface area contributed by atoms with Gasteiger partial charge in [-0.15, -0.1) is 0 Å². The van der Waals surface area contributed by atoms with Crippen molar-refractivity contribution in [2.45, 2.75) is 50.8 Å². The first-order valence-corrected chi connectivity index (χ1v) is 11.2. The Morgan fingerprint density at radius 3 is 2.20 bits per heavy atom. The number of carbonyl (C=O) groups is 2. The summed E-state index contributed by atoms with van der Waals surface area (Å²) < 4.78 is 32.4. The van der Waals surface area contributed by atoms with Crippen molar-refractivity contribution in [1.82, 2.24) is 9.62 Å². The summed E-state index contributed by atoms with van der Waals surface area (Å²) in [6.07, 6.45) is -0.310. The number of nitrogens with one attached hydrogen (secondary N) is 1. The summed E-state index contributed by atoms with van der Waals surface area (Å²) in [6.45, 7) is 5.57. The number of hydrogen-bond donors (Lipinski definition) is 1. The van der Waals surface area contributed by atoms with Gasteiger partial charge in [0.2, 0.25) is 10.0 Å². The highest BCUT2D eigenvalue weighted by atomic mass is 32.2. The van der Waals surface area contributed by atoms with Crippen molar-refractivity contribution in [2.24, 2.45) is 0 Å². The van der Waals surface area contributed by atoms with Crippen LogP contribution in [0.5, 0.6) is 0 Å². The summed E-state index contributed by atoms with van der Waals surface area (Å²) in [5.41, 5.74) is 1.14. The second kappa shape index (κ2) is 10.4. The SMILES string of the molecule is CCC(C)NS(=O)(=O)c1ccc(C(=O)OC(C)C(=O)N(C)Cc2ccccc2)cc1. The average molecular weight is 433 g/mol. The number of nitrogens with zero attached hydrogens (tertiary/aromatic N) is 1. The van der Waals surface area contributed by atoms with Crippen molar-refractivity contribution < 1.29 is 22.7 Å². The Labute approximate surface area is 178 Å². The Kier molecular flexibility index (Phi) is 8.14. The monoisotopic (exact) mass is 432 g/mol. The van der Waals surface area contributed by atoms with E-state index in [-0.39, 0.29) is 22.4 Å². The lowest BCUT2D eigenvalue weighted by atomic mass is 10.2. The van der Waals surface area contributed by atoms with Gasteiger partial charge in [-0.1, -0.05) is 37.3 Å². The van der Waals surface area contributed by atoms with E-state index in [0.717, 1.165) is 5.56 Å². The van der Waals surface area contributed by atoms with Gasteiger partial charge in [-0.25, -0.2) is 17.9 Å². The summed E-state index contributed by atoms with van der Waals surface area (Å²) in [5.74, 6) is -1.02. The normalized spacial score (nSPS) is 13.3. The smallest absolute Gasteiger partial charge is 0.338 e. The summed E-state index contributed by atoms with van der Waals surface area (Å²) in [5, 5.41) is 0. The fourth-order valence-corrected chi connectivity index (χ4v) is 4.04. The molecule has 0 aromatic heterocycles. The van der Waals surface area contributed by atoms with Crippen LogP contribution in [-0.2, 0) is 26.1 Å². The maximum atomic E-state index is 12.5. The van der Waals surface area contributed by atoms with Crippen LogP contribution in [0.2, 0.25) is 0 Å². The molecule has 0 bridgehead atoms. The Morgan fingerprint density at radius 2 is 1.63 bits per heavy atom. The molecule has 0 fully saturated rings. The summed E-state index contributed by atoms with van der Waals surface area (Å²) in [6, 6.07) is 14.7. The van der Waals surface area contributed by atoms with Crippen LogP contribution < -0.4 is 4.72 Å². The van der Waals surface area contributed by atoms with E-state index in [0.29, 0.717) is 13.0 Å². The molecule has 0 aliphatic rings. The standard InChI is InChI=1S/C22H28N2O5S/c1-5-16(2)23-30(27,28)20-13-11-19(12-14-20)22(26)29-17(3)21(25)24(4)15-18-9-7-6-8-10-18/h6-14,16-17,23H,5,15H2,1-4H3. The van der Waals surface area contributed by atoms with E-state index in [9.17, 15) is 18.0 Å². The number of benzene rings is 2. The van der Waals surface area contributed by atoms with Crippen molar-refractivity contribution in [1.29, 1.82) is 0 Å². The van der Waals surface area contributed by atoms with Crippen molar-refractivity contribution in [3.05, 3.63) is 65.7 Å². The number of carbonyl (C=O) groups excluding carboxylic acids is 2. The van der Waals surface area contributed by atoms with Crippen molar-refractivity contribution >= 4 is 21.9 Å². The van der Waals surface area contributed by atoms with Crippen LogP contribution in [0.15, 0.2) is 59.5 Å². The van der Waals surface area contributed by atoms with E-state index in [1.165, 1.54) is 36.1 Å². The maximum absolute atomic E-state index is 12.5. The van der Waals surface area contributed by atoms with Gasteiger partial charge in [0, 0.05) is 19.6 Å². The lowest BCUT2D eigenvalue weighted by molar-refractivity contribution is -0.139. The van der Waals surface area contributed by atoms with Crippen molar-refractivity contribution in [3.8, 4) is 0 Å². The highest BCUT2D eigenvalue weighted by molar-refractivity contribution is 7.89. The van der Waals surface area contributed by atoms with E-state index >= 15 is 0 Å². The Hall–Kier alpha value is -2.71. The second-order valence-corrected chi connectivity index (χ2v) is 8.90. The van der Waals surface area contributed by atoms with Gasteiger partial charge in [-0.2, -0.15) is 0 Å². The highest BCUT2D eigenvalue weighted by Gasteiger charge is 2.23. The predicted octanol–water partition coefficient (Wildman–Crippen LogP) is 2.97. The molecule has 0 saturated carbocycles. The molecule has 0 heterocycles. The van der Waals surface area contributed by atoms with Gasteiger partial charge in [0.05, 0.1) is 10.5 Å². The van der Waals surface area contributed by atoms with Crippen LogP contribution in [0.25, 0.3) is 0 Å². The summed E-state index contributed by atoms with van der Waals surface area (Å²) >= 11 is 0. The first kappa shape index (κ1) is 23.6. The van der Waals surface area contributed by atoms with Crippen LogP contribution in [0.3, 0.4) is 0 Å². The van der Waals surface area contributed by atoms with Gasteiger partial charge < -0.3 is 9.64 Å². The average Bonchev–Trinajstić information content (AvgIpc) is 2.73. The van der Waals surface area contributed by atoms with Gasteiger partial charge in [0.25, 0.3) is 5.91 Å². The molecule has 1 N–H and O–H groups in total. The Balaban J connectivity index is 1.98. The van der Waals surface area contributed by atoms with Crippen LogP contribution in [-0.4, -0.2) is 44.4 Å². The predicted molar refractivity (Wildman–Crippen MR) is 114 cm³/mol. The quantitative estimate of drug-likeness (QED) is 0.615. The first-order chi connectivity index (χ1) is 14.1. The van der Waals surface area contributed by atoms with Crippen LogP contribution in [0.4, 0.5) is 0 Å². The summed E-state index contributed by atoms with van der Waals surface area (Å²) in [7, 11) is -2.01. The van der Waals surface area contributed by atoms with E-state index in [1.807, 2.05) is 37.3 Å². The molecular weight excluding hydrogens is 404 g/mol. The van der Waals surface area contributed by atoms with Crippen LogP contribution >= 0.6 is 0 Å². The fourth-order valence-electron chi connectivity index (χ4n) is 2.71. The molecule has 2 atom stereocenters. The molecule has 7 nitrogen and oxygen atoms in total. The zero-order chi connectivity index (χ0) is 22.3. The number of ether oxygens (including phenoxy) is 1. The van der Waals surface area contributed by atoms with Gasteiger partial charge in [0.1, 0.15) is 0 Å². The molecule has 0 radical (unpaired) electrons. The van der Waals surface area contributed by atoms with Crippen LogP contribution in [0.1, 0.15) is 43.1 Å². The molecule has 30 heavy (non-hydrogen) atoms. The molecule has 8 heteroatoms. The first-order valence-electron chi connectivity index (χ1n) is 9.76. The van der Waals surface area contributed by atoms with Gasteiger partial charge in [0.15, 0.2) is 6.10 Å². The molecule has 2 aromatic rings. The maximum Gasteiger partial charge on any atom is 0.338 e. The summed E-state index contributed by atoms with van der Waals surface area (Å²) in [4.78, 5) is 26.4. The number of hydrogen-bond acceptors (Lipinski definition) is 5. The lowest BCUT2D eigenvalue weighted by Gasteiger charge is -2.21. The third-order valence-electron chi connectivity index (χ3n) is 4.64. The van der Waals surface area contributed by atoms with Crippen molar-refractivity contribution in [2.75, 3.05) is 7.05 Å². The molecule has 0 aliphatic carbocycles. The minimum Gasteiger partial charge on any atom is -0.449 e. The van der Waals surface area contributed by atoms with E-state index < -0.39 is 22.1 Å². The molecule has 0 aliphatic heterocycles. The van der Waals surface area contributed by atoms with Gasteiger partial charge >= 0.3 is 5.97 Å². The molecule has 0 saturated heterocycles. The molecular formula is C22H28N2O5S. The van der Waals surface area contributed by atoms with Crippen molar-refractivity contribution in [3.63, 3.8) is 0 Å². The zero-order valence-corrected chi connectivity index (χ0v) is 18.5. The highest BCUT2D eigenvalue weighted by Crippen LogP contribution is 2.14. The topological polar surface area (TPSA) is 92.8 Å². The van der Waals surface area contributed by atoms with E-state index in [2.05, 4.69) is 4.72 Å². The molecule has 162 valence electrons. The van der Waals surface area contributed by atoms with E-state index in [4.69, 9.17) is 4.74 Å². The minimum absolute atomic E-state index is 0.0612. The molecule has 2 rings (SSSR count). The lowest BCUT2D eigenvalue weighted by Crippen LogP contribution is -2.37. The number of likely N-dealkylation sites (N-methyl/N-ethyl adjacent to an activating group) is 1. The van der Waals surface area contributed by atoms with Gasteiger partial charge in [-0.05, 0) is 50.1 Å². The third kappa shape index (κ3) is 6.40. The number of sulfonamides is 1. The van der Waals surface area contributed by atoms with Crippen LogP contribution in [0, 0.1) is 0 Å². The fraction of sp³-hybridized carbons (Fsp3) is 0.364. The number of amides is 1. The Morgan fingerprint density at radius 1 is 1.03 bits per heavy atom. The Bertz CT molecular complexity index is 959. The molecule has 0 spiro atoms. The van der Waals surface area contributed by atoms with E-state index in [1.54, 1.807) is 14.0 Å². The zero-order valence-electron chi connectivity index (χ0n) is 17.7. The second-order valence-electron chi connectivity index (χ2n) is 7.18. The number of esters is 1. The number of rotatable bonds is 9.